The summed E-state index contributed by atoms with van der Waals surface area (Å²) in [5.41, 5.74) is 9.34. The molecule has 0 fully saturated rings. The Hall–Kier alpha value is -5.86. The number of aryl methyl sites for hydroxylation is 1. The van der Waals surface area contributed by atoms with Crippen molar-refractivity contribution in [1.82, 2.24) is 15.4 Å². The Bertz CT molecular complexity index is 1960. The van der Waals surface area contributed by atoms with Crippen molar-refractivity contribution in [2.75, 3.05) is 0 Å². The van der Waals surface area contributed by atoms with Crippen LogP contribution in [0.5, 0.6) is 0 Å². The van der Waals surface area contributed by atoms with E-state index in [9.17, 15) is 27.6 Å². The number of hydrogen-bond donors (Lipinski definition) is 4. The van der Waals surface area contributed by atoms with Crippen LogP contribution in [0.25, 0.3) is 0 Å². The van der Waals surface area contributed by atoms with Crippen LogP contribution < -0.4 is 21.1 Å². The number of sulfonamides is 1. The molecule has 0 saturated carbocycles. The molecular weight excluding hydrogens is 711 g/mol. The molecule has 0 spiro atoms. The van der Waals surface area contributed by atoms with Gasteiger partial charge < -0.3 is 25.9 Å². The minimum Gasteiger partial charge on any atom is -0.461 e. The summed E-state index contributed by atoms with van der Waals surface area (Å²) >= 11 is 0. The van der Waals surface area contributed by atoms with Crippen molar-refractivity contribution in [2.24, 2.45) is 10.9 Å². The van der Waals surface area contributed by atoms with Crippen LogP contribution in [0.1, 0.15) is 60.4 Å². The number of oxime groups is 1. The lowest BCUT2D eigenvalue weighted by Crippen LogP contribution is -2.53. The SMILES string of the molecule is CC(=O)ON=C(N)c1ccc(CNC(=O)C(CCCC(=O)OCc2ccccc2)NC(=O)C(CCc2ccccc2)NS(=O)(=O)Cc2ccccc2)cc1. The zero-order valence-corrected chi connectivity index (χ0v) is 30.8. The highest BCUT2D eigenvalue weighted by molar-refractivity contribution is 7.88. The van der Waals surface area contributed by atoms with Gasteiger partial charge in [-0.25, -0.2) is 17.9 Å². The molecule has 0 radical (unpaired) electrons. The van der Waals surface area contributed by atoms with Crippen molar-refractivity contribution in [3.63, 3.8) is 0 Å². The van der Waals surface area contributed by atoms with Crippen LogP contribution in [0.2, 0.25) is 0 Å². The number of hydrogen-bond acceptors (Lipinski definition) is 9. The second-order valence-electron chi connectivity index (χ2n) is 12.5. The number of amides is 2. The van der Waals surface area contributed by atoms with Gasteiger partial charge in [-0.2, -0.15) is 0 Å². The number of esters is 1. The molecule has 0 saturated heterocycles. The van der Waals surface area contributed by atoms with Gasteiger partial charge in [-0.05, 0) is 47.9 Å². The second-order valence-corrected chi connectivity index (χ2v) is 14.3. The minimum absolute atomic E-state index is 0.00734. The third kappa shape index (κ3) is 14.6. The predicted molar refractivity (Wildman–Crippen MR) is 204 cm³/mol. The zero-order chi connectivity index (χ0) is 38.8. The summed E-state index contributed by atoms with van der Waals surface area (Å²) < 4.78 is 34.5. The van der Waals surface area contributed by atoms with Crippen LogP contribution in [-0.2, 0) is 64.1 Å². The molecule has 0 aromatic heterocycles. The quantitative estimate of drug-likeness (QED) is 0.0339. The maximum atomic E-state index is 13.9. The smallest absolute Gasteiger partial charge is 0.332 e. The summed E-state index contributed by atoms with van der Waals surface area (Å²) in [4.78, 5) is 55.7. The van der Waals surface area contributed by atoms with E-state index in [1.54, 1.807) is 54.6 Å². The molecule has 14 heteroatoms. The third-order valence-corrected chi connectivity index (χ3v) is 9.50. The molecule has 2 unspecified atom stereocenters. The lowest BCUT2D eigenvalue weighted by Gasteiger charge is -2.23. The lowest BCUT2D eigenvalue weighted by molar-refractivity contribution is -0.145. The van der Waals surface area contributed by atoms with Crippen molar-refractivity contribution in [1.29, 1.82) is 0 Å². The summed E-state index contributed by atoms with van der Waals surface area (Å²) in [5.74, 6) is -2.63. The zero-order valence-electron chi connectivity index (χ0n) is 30.0. The fourth-order valence-corrected chi connectivity index (χ4v) is 6.70. The molecule has 4 rings (SSSR count). The van der Waals surface area contributed by atoms with Gasteiger partial charge in [0.2, 0.25) is 21.8 Å². The summed E-state index contributed by atoms with van der Waals surface area (Å²) in [6, 6.07) is 31.5. The summed E-state index contributed by atoms with van der Waals surface area (Å²) in [5, 5.41) is 9.13. The van der Waals surface area contributed by atoms with E-state index in [0.29, 0.717) is 23.1 Å². The average molecular weight is 756 g/mol. The fraction of sp³-hybridized carbons (Fsp3) is 0.275. The first-order valence-electron chi connectivity index (χ1n) is 17.4. The fourth-order valence-electron chi connectivity index (χ4n) is 5.33. The van der Waals surface area contributed by atoms with Crippen LogP contribution in [0.3, 0.4) is 0 Å². The second kappa shape index (κ2) is 21.0. The number of amidine groups is 1. The molecule has 54 heavy (non-hydrogen) atoms. The molecule has 5 N–H and O–H groups in total. The van der Waals surface area contributed by atoms with E-state index in [1.165, 1.54) is 6.92 Å². The van der Waals surface area contributed by atoms with Gasteiger partial charge in [-0.15, -0.1) is 0 Å². The van der Waals surface area contributed by atoms with E-state index in [0.717, 1.165) is 11.1 Å². The van der Waals surface area contributed by atoms with Gasteiger partial charge in [0.25, 0.3) is 0 Å². The Morgan fingerprint density at radius 1 is 0.722 bits per heavy atom. The van der Waals surface area contributed by atoms with Crippen LogP contribution in [0.15, 0.2) is 120 Å². The van der Waals surface area contributed by atoms with Crippen LogP contribution in [-0.4, -0.2) is 50.1 Å². The van der Waals surface area contributed by atoms with E-state index in [-0.39, 0.29) is 50.4 Å². The highest BCUT2D eigenvalue weighted by Gasteiger charge is 2.29. The highest BCUT2D eigenvalue weighted by atomic mass is 32.2. The van der Waals surface area contributed by atoms with E-state index in [4.69, 9.17) is 10.5 Å². The lowest BCUT2D eigenvalue weighted by atomic mass is 10.0. The maximum Gasteiger partial charge on any atom is 0.332 e. The van der Waals surface area contributed by atoms with Gasteiger partial charge >= 0.3 is 11.9 Å². The van der Waals surface area contributed by atoms with E-state index in [1.807, 2.05) is 60.7 Å². The number of nitrogens with two attached hydrogens (primary N) is 1. The molecule has 2 atom stereocenters. The van der Waals surface area contributed by atoms with E-state index in [2.05, 4.69) is 25.3 Å². The van der Waals surface area contributed by atoms with Crippen molar-refractivity contribution < 1.29 is 37.2 Å². The molecule has 4 aromatic carbocycles. The average Bonchev–Trinajstić information content (AvgIpc) is 3.17. The molecule has 0 heterocycles. The molecule has 0 aliphatic heterocycles. The third-order valence-electron chi connectivity index (χ3n) is 8.14. The van der Waals surface area contributed by atoms with Crippen LogP contribution in [0.4, 0.5) is 0 Å². The van der Waals surface area contributed by atoms with Crippen molar-refractivity contribution >= 4 is 39.6 Å². The van der Waals surface area contributed by atoms with Gasteiger partial charge in [0.15, 0.2) is 5.84 Å². The highest BCUT2D eigenvalue weighted by Crippen LogP contribution is 2.12. The monoisotopic (exact) mass is 755 g/mol. The Kier molecular flexibility index (Phi) is 15.9. The van der Waals surface area contributed by atoms with Crippen molar-refractivity contribution in [3.8, 4) is 0 Å². The van der Waals surface area contributed by atoms with E-state index < -0.39 is 45.9 Å². The number of carbonyl (C=O) groups excluding carboxylic acids is 4. The molecule has 4 aromatic rings. The number of rotatable bonds is 20. The van der Waals surface area contributed by atoms with Gasteiger partial charge in [-0.3, -0.25) is 14.4 Å². The Balaban J connectivity index is 1.46. The first-order chi connectivity index (χ1) is 26.0. The van der Waals surface area contributed by atoms with Crippen LogP contribution in [0, 0.1) is 0 Å². The standard InChI is InChI=1S/C40H45N5O8S/c1-29(46)53-44-38(41)34-23-20-31(21-24-34)26-42-39(48)35(18-11-19-37(47)52-27-32-14-7-3-8-15-32)43-40(49)36(25-22-30-12-5-2-6-13-30)45-54(50,51)28-33-16-9-4-10-17-33/h2-10,12-17,20-21,23-24,35-36,45H,11,18-19,22,25-28H2,1H3,(H2,41,44)(H,42,48)(H,43,49). The minimum atomic E-state index is -3.98. The normalized spacial score (nSPS) is 12.6. The maximum absolute atomic E-state index is 13.9. The summed E-state index contributed by atoms with van der Waals surface area (Å²) in [7, 11) is -3.98. The van der Waals surface area contributed by atoms with Crippen molar-refractivity contribution in [3.05, 3.63) is 143 Å². The number of carbonyl (C=O) groups is 4. The molecule has 284 valence electrons. The molecular formula is C40H45N5O8S. The Labute approximate surface area is 315 Å². The predicted octanol–water partition coefficient (Wildman–Crippen LogP) is 4.01. The number of nitrogens with one attached hydrogen (secondary N) is 3. The van der Waals surface area contributed by atoms with Gasteiger partial charge in [0.05, 0.1) is 5.75 Å². The number of nitrogens with zero attached hydrogens (tertiary/aromatic N) is 1. The molecule has 13 nitrogen and oxygen atoms in total. The molecule has 2 amide bonds. The Morgan fingerprint density at radius 2 is 1.31 bits per heavy atom. The van der Waals surface area contributed by atoms with E-state index >= 15 is 0 Å². The van der Waals surface area contributed by atoms with Gasteiger partial charge in [0, 0.05) is 25.5 Å². The molecule has 0 aliphatic rings. The van der Waals surface area contributed by atoms with Crippen molar-refractivity contribution in [2.45, 2.75) is 70.0 Å². The Morgan fingerprint density at radius 3 is 1.93 bits per heavy atom. The largest absolute Gasteiger partial charge is 0.461 e. The van der Waals surface area contributed by atoms with Gasteiger partial charge in [-0.1, -0.05) is 120 Å². The first kappa shape index (κ1) is 40.9. The topological polar surface area (TPSA) is 195 Å². The number of ether oxygens (including phenoxy) is 1. The summed E-state index contributed by atoms with van der Waals surface area (Å²) in [6.07, 6.45) is 0.785. The van der Waals surface area contributed by atoms with Crippen LogP contribution >= 0.6 is 0 Å². The first-order valence-corrected chi connectivity index (χ1v) is 19.1. The molecule has 0 bridgehead atoms. The summed E-state index contributed by atoms with van der Waals surface area (Å²) in [6.45, 7) is 1.38. The molecule has 0 aliphatic carbocycles. The number of benzene rings is 4. The van der Waals surface area contributed by atoms with Gasteiger partial charge in [0.1, 0.15) is 18.7 Å².